The number of benzene rings is 1. The normalized spacial score (nSPS) is 22.9. The van der Waals surface area contributed by atoms with Crippen molar-refractivity contribution in [3.63, 3.8) is 0 Å². The summed E-state index contributed by atoms with van der Waals surface area (Å²) in [6.45, 7) is 4.50. The minimum Gasteiger partial charge on any atom is -0.507 e. The van der Waals surface area contributed by atoms with Crippen molar-refractivity contribution >= 4 is 27.2 Å². The van der Waals surface area contributed by atoms with Crippen LogP contribution in [0, 0.1) is 6.92 Å². The molecular formula is C21H24N4OS. The predicted octanol–water partition coefficient (Wildman–Crippen LogP) is 4.41. The third-order valence-corrected chi connectivity index (χ3v) is 6.90. The summed E-state index contributed by atoms with van der Waals surface area (Å²) < 4.78 is 1.08. The van der Waals surface area contributed by atoms with Gasteiger partial charge in [0.05, 0.1) is 5.69 Å². The monoisotopic (exact) mass is 380 g/mol. The Balaban J connectivity index is 1.42. The maximum absolute atomic E-state index is 10.7. The van der Waals surface area contributed by atoms with Crippen molar-refractivity contribution in [3.05, 3.63) is 35.2 Å². The van der Waals surface area contributed by atoms with Crippen LogP contribution in [0.1, 0.15) is 31.2 Å². The predicted molar refractivity (Wildman–Crippen MR) is 110 cm³/mol. The van der Waals surface area contributed by atoms with Crippen LogP contribution in [0.2, 0.25) is 0 Å². The van der Waals surface area contributed by atoms with Crippen molar-refractivity contribution in [2.24, 2.45) is 0 Å². The molecule has 5 rings (SSSR count). The molecule has 2 aromatic heterocycles. The molecule has 0 radical (unpaired) electrons. The quantitative estimate of drug-likeness (QED) is 0.705. The molecule has 2 atom stereocenters. The van der Waals surface area contributed by atoms with Gasteiger partial charge >= 0.3 is 0 Å². The topological polar surface area (TPSA) is 61.3 Å². The number of nitrogens with zero attached hydrogens (tertiary/aromatic N) is 3. The Morgan fingerprint density at radius 3 is 2.85 bits per heavy atom. The summed E-state index contributed by atoms with van der Waals surface area (Å²) in [5, 5.41) is 26.1. The third kappa shape index (κ3) is 2.97. The van der Waals surface area contributed by atoms with E-state index in [-0.39, 0.29) is 0 Å². The first-order valence-corrected chi connectivity index (χ1v) is 10.6. The van der Waals surface area contributed by atoms with Crippen LogP contribution in [0.25, 0.3) is 21.3 Å². The average molecular weight is 381 g/mol. The Morgan fingerprint density at radius 1 is 1.15 bits per heavy atom. The zero-order chi connectivity index (χ0) is 18.4. The van der Waals surface area contributed by atoms with E-state index in [1.54, 1.807) is 11.3 Å². The van der Waals surface area contributed by atoms with E-state index in [0.717, 1.165) is 32.7 Å². The number of aromatic hydroxyl groups is 1. The number of rotatable bonds is 3. The SMILES string of the molecule is Cc1cc(NC2CCCN3CCCC23)nnc1-c1ccc2sccc2c1O. The molecule has 4 heterocycles. The van der Waals surface area contributed by atoms with Gasteiger partial charge in [0, 0.05) is 27.7 Å². The molecule has 2 aliphatic rings. The zero-order valence-corrected chi connectivity index (χ0v) is 16.3. The summed E-state index contributed by atoms with van der Waals surface area (Å²) in [5.41, 5.74) is 2.52. The number of aryl methyl sites for hydroxylation is 1. The highest BCUT2D eigenvalue weighted by atomic mass is 32.1. The Hall–Kier alpha value is -2.18. The van der Waals surface area contributed by atoms with Gasteiger partial charge in [0.15, 0.2) is 0 Å². The largest absolute Gasteiger partial charge is 0.507 e. The van der Waals surface area contributed by atoms with Crippen molar-refractivity contribution in [1.29, 1.82) is 0 Å². The van der Waals surface area contributed by atoms with Gasteiger partial charge < -0.3 is 10.4 Å². The van der Waals surface area contributed by atoms with Crippen LogP contribution in [0.15, 0.2) is 29.6 Å². The number of hydrogen-bond acceptors (Lipinski definition) is 6. The van der Waals surface area contributed by atoms with Crippen LogP contribution in [-0.2, 0) is 0 Å². The minimum atomic E-state index is 0.292. The number of thiophene rings is 1. The summed E-state index contributed by atoms with van der Waals surface area (Å²) in [7, 11) is 0. The maximum Gasteiger partial charge on any atom is 0.149 e. The van der Waals surface area contributed by atoms with E-state index < -0.39 is 0 Å². The molecule has 1 aromatic carbocycles. The van der Waals surface area contributed by atoms with E-state index >= 15 is 0 Å². The Kier molecular flexibility index (Phi) is 4.25. The molecule has 0 spiro atoms. The standard InChI is InChI=1S/C21H24N4OS/c1-13-12-19(22-16-4-2-9-25-10-3-5-17(16)25)23-24-20(13)15-6-7-18-14(21(15)26)8-11-27-18/h6-8,11-12,16-17,26H,2-5,9-10H2,1H3,(H,22,23). The second-order valence-electron chi connectivity index (χ2n) is 7.69. The number of aromatic nitrogens is 2. The van der Waals surface area contributed by atoms with Crippen molar-refractivity contribution in [3.8, 4) is 17.0 Å². The van der Waals surface area contributed by atoms with E-state index in [9.17, 15) is 5.11 Å². The van der Waals surface area contributed by atoms with Gasteiger partial charge in [-0.15, -0.1) is 21.5 Å². The highest BCUT2D eigenvalue weighted by Crippen LogP contribution is 2.38. The van der Waals surface area contributed by atoms with Crippen molar-refractivity contribution in [1.82, 2.24) is 15.1 Å². The lowest BCUT2D eigenvalue weighted by Crippen LogP contribution is -2.47. The van der Waals surface area contributed by atoms with E-state index in [2.05, 4.69) is 26.5 Å². The van der Waals surface area contributed by atoms with Gasteiger partial charge in [-0.3, -0.25) is 4.90 Å². The number of piperidine rings is 1. The Morgan fingerprint density at radius 2 is 2.00 bits per heavy atom. The van der Waals surface area contributed by atoms with Gasteiger partial charge in [0.25, 0.3) is 0 Å². The first-order chi connectivity index (χ1) is 13.2. The number of phenols is 1. The Labute approximate surface area is 163 Å². The molecule has 5 nitrogen and oxygen atoms in total. The molecule has 0 amide bonds. The second-order valence-corrected chi connectivity index (χ2v) is 8.64. The molecule has 27 heavy (non-hydrogen) atoms. The molecule has 2 fully saturated rings. The summed E-state index contributed by atoms with van der Waals surface area (Å²) in [4.78, 5) is 2.62. The summed E-state index contributed by atoms with van der Waals surface area (Å²) in [6.07, 6.45) is 5.01. The molecule has 0 bridgehead atoms. The van der Waals surface area contributed by atoms with Gasteiger partial charge in [0.1, 0.15) is 11.6 Å². The lowest BCUT2D eigenvalue weighted by Gasteiger charge is -2.37. The summed E-state index contributed by atoms with van der Waals surface area (Å²) in [6, 6.07) is 9.08. The molecule has 2 saturated heterocycles. The highest BCUT2D eigenvalue weighted by Gasteiger charge is 2.34. The van der Waals surface area contributed by atoms with Crippen LogP contribution >= 0.6 is 11.3 Å². The van der Waals surface area contributed by atoms with Crippen molar-refractivity contribution < 1.29 is 5.11 Å². The van der Waals surface area contributed by atoms with Crippen LogP contribution in [0.4, 0.5) is 5.82 Å². The van der Waals surface area contributed by atoms with Gasteiger partial charge in [-0.05, 0) is 80.9 Å². The first-order valence-electron chi connectivity index (χ1n) is 9.75. The molecule has 2 aliphatic heterocycles. The number of anilines is 1. The fourth-order valence-electron chi connectivity index (χ4n) is 4.69. The lowest BCUT2D eigenvalue weighted by atomic mass is 9.96. The molecule has 2 unspecified atom stereocenters. The minimum absolute atomic E-state index is 0.292. The molecular weight excluding hydrogens is 356 g/mol. The fourth-order valence-corrected chi connectivity index (χ4v) is 5.48. The molecule has 140 valence electrons. The molecule has 0 saturated carbocycles. The molecule has 2 N–H and O–H groups in total. The van der Waals surface area contributed by atoms with Crippen molar-refractivity contribution in [2.75, 3.05) is 18.4 Å². The number of fused-ring (bicyclic) bond motifs is 2. The molecule has 6 heteroatoms. The van der Waals surface area contributed by atoms with Crippen LogP contribution < -0.4 is 5.32 Å². The van der Waals surface area contributed by atoms with Gasteiger partial charge in [-0.2, -0.15) is 0 Å². The molecule has 3 aromatic rings. The van der Waals surface area contributed by atoms with Crippen molar-refractivity contribution in [2.45, 2.75) is 44.7 Å². The van der Waals surface area contributed by atoms with Crippen LogP contribution in [0.5, 0.6) is 5.75 Å². The van der Waals surface area contributed by atoms with Gasteiger partial charge in [0.2, 0.25) is 0 Å². The maximum atomic E-state index is 10.7. The number of phenolic OH excluding ortho intramolecular Hbond substituents is 1. The first kappa shape index (κ1) is 17.0. The van der Waals surface area contributed by atoms with E-state index in [0.29, 0.717) is 17.8 Å². The van der Waals surface area contributed by atoms with E-state index in [4.69, 9.17) is 0 Å². The lowest BCUT2D eigenvalue weighted by molar-refractivity contribution is 0.183. The zero-order valence-electron chi connectivity index (χ0n) is 15.5. The highest BCUT2D eigenvalue weighted by molar-refractivity contribution is 7.17. The van der Waals surface area contributed by atoms with E-state index in [1.807, 2.05) is 30.5 Å². The molecule has 0 aliphatic carbocycles. The van der Waals surface area contributed by atoms with Crippen LogP contribution in [-0.4, -0.2) is 45.4 Å². The Bertz CT molecular complexity index is 985. The summed E-state index contributed by atoms with van der Waals surface area (Å²) in [5.74, 6) is 1.13. The number of hydrogen-bond donors (Lipinski definition) is 2. The smallest absolute Gasteiger partial charge is 0.149 e. The fraction of sp³-hybridized carbons (Fsp3) is 0.429. The number of nitrogens with one attached hydrogen (secondary N) is 1. The second kappa shape index (κ2) is 6.77. The van der Waals surface area contributed by atoms with Gasteiger partial charge in [-0.1, -0.05) is 0 Å². The van der Waals surface area contributed by atoms with E-state index in [1.165, 1.54) is 38.8 Å². The van der Waals surface area contributed by atoms with Gasteiger partial charge in [-0.25, -0.2) is 0 Å². The summed E-state index contributed by atoms with van der Waals surface area (Å²) >= 11 is 1.63. The van der Waals surface area contributed by atoms with Crippen LogP contribution in [0.3, 0.4) is 0 Å². The third-order valence-electron chi connectivity index (χ3n) is 6.02. The average Bonchev–Trinajstić information content (AvgIpc) is 3.33.